The second-order valence-corrected chi connectivity index (χ2v) is 6.20. The highest BCUT2D eigenvalue weighted by Crippen LogP contribution is 2.42. The number of phenols is 1. The number of nitro groups is 1. The van der Waals surface area contributed by atoms with E-state index < -0.39 is 4.92 Å². The molecule has 1 aromatic heterocycles. The lowest BCUT2D eigenvalue weighted by molar-refractivity contribution is -0.384. The third-order valence-electron chi connectivity index (χ3n) is 3.66. The summed E-state index contributed by atoms with van der Waals surface area (Å²) >= 11 is 1.44. The maximum Gasteiger partial charge on any atom is 0.269 e. The number of benzene rings is 2. The maximum absolute atomic E-state index is 10.8. The van der Waals surface area contributed by atoms with Crippen molar-refractivity contribution >= 4 is 17.4 Å². The number of nitrogens with zero attached hydrogens (tertiary/aromatic N) is 4. The van der Waals surface area contributed by atoms with Gasteiger partial charge in [-0.05, 0) is 18.2 Å². The molecule has 0 radical (unpaired) electrons. The van der Waals surface area contributed by atoms with Crippen molar-refractivity contribution in [3.8, 4) is 17.1 Å². The number of phenolic OH excluding ortho intramolecular Hbond substituents is 1. The predicted octanol–water partition coefficient (Wildman–Crippen LogP) is 2.91. The van der Waals surface area contributed by atoms with E-state index >= 15 is 0 Å². The quantitative estimate of drug-likeness (QED) is 0.557. The van der Waals surface area contributed by atoms with Crippen LogP contribution in [0, 0.1) is 10.1 Å². The van der Waals surface area contributed by atoms with Crippen molar-refractivity contribution in [3.05, 3.63) is 64.2 Å². The number of fused-ring (bicyclic) bond motifs is 1. The van der Waals surface area contributed by atoms with Crippen molar-refractivity contribution in [2.75, 3.05) is 5.43 Å². The summed E-state index contributed by atoms with van der Waals surface area (Å²) in [6.45, 7) is 0. The fourth-order valence-corrected chi connectivity index (χ4v) is 3.50. The van der Waals surface area contributed by atoms with Crippen LogP contribution in [0.15, 0.2) is 53.7 Å². The Morgan fingerprint density at radius 2 is 1.92 bits per heavy atom. The molecule has 2 aromatic carbocycles. The number of nitro benzene ring substituents is 1. The van der Waals surface area contributed by atoms with Crippen LogP contribution in [-0.4, -0.2) is 24.9 Å². The number of non-ortho nitro benzene ring substituents is 1. The highest BCUT2D eigenvalue weighted by atomic mass is 32.2. The van der Waals surface area contributed by atoms with Gasteiger partial charge in [-0.25, -0.2) is 4.68 Å². The molecule has 120 valence electrons. The average molecular weight is 341 g/mol. The minimum atomic E-state index is -0.444. The van der Waals surface area contributed by atoms with Gasteiger partial charge >= 0.3 is 0 Å². The highest BCUT2D eigenvalue weighted by Gasteiger charge is 2.29. The third-order valence-corrected chi connectivity index (χ3v) is 4.73. The molecule has 0 fully saturated rings. The molecule has 2 N–H and O–H groups in total. The molecule has 0 aliphatic carbocycles. The van der Waals surface area contributed by atoms with Crippen molar-refractivity contribution in [3.63, 3.8) is 0 Å². The number of nitrogens with one attached hydrogen (secondary N) is 1. The lowest BCUT2D eigenvalue weighted by atomic mass is 10.2. The Morgan fingerprint density at radius 3 is 2.62 bits per heavy atom. The van der Waals surface area contributed by atoms with Gasteiger partial charge in [0.15, 0.2) is 5.82 Å². The molecular formula is C15H11N5O3S. The molecule has 9 heteroatoms. The van der Waals surface area contributed by atoms with E-state index in [2.05, 4.69) is 15.6 Å². The second-order valence-electron chi connectivity index (χ2n) is 5.13. The van der Waals surface area contributed by atoms with Crippen LogP contribution in [0.5, 0.6) is 5.75 Å². The monoisotopic (exact) mass is 341 g/mol. The Bertz CT molecular complexity index is 925. The summed E-state index contributed by atoms with van der Waals surface area (Å²) in [5.41, 5.74) is 4.73. The predicted molar refractivity (Wildman–Crippen MR) is 88.2 cm³/mol. The summed E-state index contributed by atoms with van der Waals surface area (Å²) in [6.07, 6.45) is 0. The molecule has 0 amide bonds. The minimum absolute atomic E-state index is 0.0225. The lowest BCUT2D eigenvalue weighted by Crippen LogP contribution is -2.13. The summed E-state index contributed by atoms with van der Waals surface area (Å²) in [5.74, 6) is 0.767. The molecule has 0 bridgehead atoms. The van der Waals surface area contributed by atoms with Gasteiger partial charge < -0.3 is 10.5 Å². The summed E-state index contributed by atoms with van der Waals surface area (Å²) in [7, 11) is 0. The number of rotatable bonds is 3. The van der Waals surface area contributed by atoms with E-state index in [9.17, 15) is 15.2 Å². The van der Waals surface area contributed by atoms with Gasteiger partial charge in [0.2, 0.25) is 5.16 Å². The fraction of sp³-hybridized carbons (Fsp3) is 0.0667. The van der Waals surface area contributed by atoms with E-state index in [4.69, 9.17) is 0 Å². The normalized spacial score (nSPS) is 15.8. The molecule has 0 saturated carbocycles. The average Bonchev–Trinajstić information content (AvgIpc) is 3.16. The maximum atomic E-state index is 10.8. The van der Waals surface area contributed by atoms with E-state index in [0.29, 0.717) is 16.5 Å². The van der Waals surface area contributed by atoms with Crippen molar-refractivity contribution < 1.29 is 10.0 Å². The Kier molecular flexibility index (Phi) is 3.35. The number of para-hydroxylation sites is 1. The molecule has 1 atom stereocenters. The Morgan fingerprint density at radius 1 is 1.17 bits per heavy atom. The molecule has 24 heavy (non-hydrogen) atoms. The van der Waals surface area contributed by atoms with Crippen LogP contribution in [0.1, 0.15) is 10.9 Å². The fourth-order valence-electron chi connectivity index (χ4n) is 2.47. The molecule has 0 unspecified atom stereocenters. The molecule has 2 heterocycles. The van der Waals surface area contributed by atoms with Crippen molar-refractivity contribution in [1.82, 2.24) is 14.9 Å². The summed E-state index contributed by atoms with van der Waals surface area (Å²) < 4.78 is 1.73. The minimum Gasteiger partial charge on any atom is -0.508 e. The largest absolute Gasteiger partial charge is 0.508 e. The van der Waals surface area contributed by atoms with E-state index in [-0.39, 0.29) is 16.8 Å². The van der Waals surface area contributed by atoms with E-state index in [1.54, 1.807) is 28.9 Å². The first-order chi connectivity index (χ1) is 11.6. The number of hydrogen-bond acceptors (Lipinski definition) is 7. The highest BCUT2D eigenvalue weighted by molar-refractivity contribution is 7.99. The van der Waals surface area contributed by atoms with Crippen LogP contribution in [0.2, 0.25) is 0 Å². The van der Waals surface area contributed by atoms with Crippen LogP contribution < -0.4 is 5.43 Å². The van der Waals surface area contributed by atoms with E-state index in [1.807, 2.05) is 12.1 Å². The zero-order chi connectivity index (χ0) is 16.7. The molecule has 4 rings (SSSR count). The SMILES string of the molecule is O=[N+]([O-])c1ccc(-c2nnc3n2N[C@H](c2ccccc2O)S3)cc1. The molecular weight excluding hydrogens is 330 g/mol. The van der Waals surface area contributed by atoms with Gasteiger partial charge in [0.1, 0.15) is 11.1 Å². The number of aromatic hydroxyl groups is 1. The van der Waals surface area contributed by atoms with Gasteiger partial charge in [0.05, 0.1) is 4.92 Å². The summed E-state index contributed by atoms with van der Waals surface area (Å²) in [5, 5.41) is 29.5. The van der Waals surface area contributed by atoms with Crippen LogP contribution >= 0.6 is 11.8 Å². The molecule has 0 spiro atoms. The van der Waals surface area contributed by atoms with Crippen molar-refractivity contribution in [2.45, 2.75) is 10.5 Å². The first kappa shape index (κ1) is 14.5. The first-order valence-corrected chi connectivity index (χ1v) is 7.93. The van der Waals surface area contributed by atoms with Crippen LogP contribution in [0.3, 0.4) is 0 Å². The zero-order valence-electron chi connectivity index (χ0n) is 12.2. The standard InChI is InChI=1S/C15H11N5O3S/c21-12-4-2-1-3-11(12)14-18-19-13(16-17-15(19)24-14)9-5-7-10(8-6-9)20(22)23/h1-8,14,18,21H/t14-/m0/s1. The Hall–Kier alpha value is -3.07. The van der Waals surface area contributed by atoms with E-state index in [1.165, 1.54) is 23.9 Å². The van der Waals surface area contributed by atoms with Gasteiger partial charge in [0.25, 0.3) is 5.69 Å². The van der Waals surface area contributed by atoms with Gasteiger partial charge in [-0.15, -0.1) is 10.2 Å². The number of aromatic nitrogens is 3. The number of thioether (sulfide) groups is 1. The van der Waals surface area contributed by atoms with Gasteiger partial charge in [0, 0.05) is 23.3 Å². The molecule has 0 saturated heterocycles. The van der Waals surface area contributed by atoms with Crippen molar-refractivity contribution in [2.24, 2.45) is 0 Å². The van der Waals surface area contributed by atoms with Gasteiger partial charge in [-0.1, -0.05) is 30.0 Å². The van der Waals surface area contributed by atoms with Crippen LogP contribution in [-0.2, 0) is 0 Å². The third kappa shape index (κ3) is 2.35. The first-order valence-electron chi connectivity index (χ1n) is 7.05. The second kappa shape index (κ2) is 5.53. The molecule has 8 nitrogen and oxygen atoms in total. The molecule has 1 aliphatic rings. The topological polar surface area (TPSA) is 106 Å². The Balaban J connectivity index is 1.65. The smallest absolute Gasteiger partial charge is 0.269 e. The number of hydrogen-bond donors (Lipinski definition) is 2. The van der Waals surface area contributed by atoms with Crippen LogP contribution in [0.25, 0.3) is 11.4 Å². The van der Waals surface area contributed by atoms with Gasteiger partial charge in [-0.3, -0.25) is 10.1 Å². The molecule has 1 aliphatic heterocycles. The van der Waals surface area contributed by atoms with Crippen LogP contribution in [0.4, 0.5) is 5.69 Å². The van der Waals surface area contributed by atoms with Crippen molar-refractivity contribution in [1.29, 1.82) is 0 Å². The Labute approximate surface area is 140 Å². The lowest BCUT2D eigenvalue weighted by Gasteiger charge is -2.13. The zero-order valence-corrected chi connectivity index (χ0v) is 13.0. The summed E-state index contributed by atoms with van der Waals surface area (Å²) in [4.78, 5) is 10.3. The molecule has 3 aromatic rings. The summed E-state index contributed by atoms with van der Waals surface area (Å²) in [6, 6.07) is 13.2. The van der Waals surface area contributed by atoms with E-state index in [0.717, 1.165) is 5.56 Å². The van der Waals surface area contributed by atoms with Gasteiger partial charge in [-0.2, -0.15) is 0 Å².